The number of carboxylic acid groups (broad SMARTS) is 1. The van der Waals surface area contributed by atoms with Crippen molar-refractivity contribution in [2.24, 2.45) is 5.92 Å². The van der Waals surface area contributed by atoms with Crippen molar-refractivity contribution < 1.29 is 14.7 Å². The Balaban J connectivity index is 1.27. The second kappa shape index (κ2) is 9.16. The fourth-order valence-electron chi connectivity index (χ4n) is 5.16. The van der Waals surface area contributed by atoms with Crippen molar-refractivity contribution in [2.75, 3.05) is 18.0 Å². The molecule has 0 radical (unpaired) electrons. The Morgan fingerprint density at radius 3 is 2.29 bits per heavy atom. The van der Waals surface area contributed by atoms with Gasteiger partial charge >= 0.3 is 6.09 Å². The van der Waals surface area contributed by atoms with Crippen LogP contribution in [0.4, 0.5) is 10.6 Å². The molecule has 2 amide bonds. The van der Waals surface area contributed by atoms with Crippen LogP contribution in [0.1, 0.15) is 42.6 Å². The third-order valence-electron chi connectivity index (χ3n) is 7.24. The van der Waals surface area contributed by atoms with E-state index in [4.69, 9.17) is 10.2 Å². The number of hydrogen-bond acceptors (Lipinski definition) is 6. The molecule has 1 aliphatic carbocycles. The molecule has 3 aromatic rings. The maximum absolute atomic E-state index is 12.7. The highest BCUT2D eigenvalue weighted by Gasteiger charge is 2.34. The molecule has 0 atom stereocenters. The van der Waals surface area contributed by atoms with Crippen LogP contribution in [0.5, 0.6) is 0 Å². The molecule has 1 aliphatic heterocycles. The maximum atomic E-state index is 12.7. The minimum atomic E-state index is -1.01. The van der Waals surface area contributed by atoms with E-state index < -0.39 is 6.09 Å². The van der Waals surface area contributed by atoms with Crippen molar-refractivity contribution in [3.05, 3.63) is 41.2 Å². The van der Waals surface area contributed by atoms with E-state index in [0.29, 0.717) is 25.9 Å². The monoisotopic (exact) mass is 477 g/mol. The summed E-state index contributed by atoms with van der Waals surface area (Å²) in [4.78, 5) is 25.6. The van der Waals surface area contributed by atoms with Crippen LogP contribution in [-0.4, -0.2) is 62.3 Å². The van der Waals surface area contributed by atoms with Gasteiger partial charge in [-0.15, -0.1) is 5.10 Å². The van der Waals surface area contributed by atoms with Crippen LogP contribution in [0.3, 0.4) is 0 Å². The smallest absolute Gasteiger partial charge is 0.404 e. The van der Waals surface area contributed by atoms with Crippen LogP contribution in [0, 0.1) is 26.7 Å². The second-order valence-electron chi connectivity index (χ2n) is 9.75. The molecule has 5 rings (SSSR count). The predicted octanol–water partition coefficient (Wildman–Crippen LogP) is 2.87. The highest BCUT2D eigenvalue weighted by molar-refractivity contribution is 5.92. The zero-order chi connectivity index (χ0) is 24.7. The first-order chi connectivity index (χ1) is 16.8. The standard InChI is InChI=1S/C25H31N7O3/c1-14-4-6-20(7-5-14)32-16(3)21-15(2)28-29-23(22(21)30-32)31-10-8-17(9-11-31)24(33)26-18-12-19(13-18)27-25(34)35/h4-7,17-19,27H,8-13H2,1-3H3,(H,26,33)(H,34,35). The van der Waals surface area contributed by atoms with Gasteiger partial charge in [0, 0.05) is 31.1 Å². The number of aryl methyl sites for hydroxylation is 3. The van der Waals surface area contributed by atoms with Gasteiger partial charge in [0.2, 0.25) is 5.91 Å². The lowest BCUT2D eigenvalue weighted by molar-refractivity contribution is -0.127. The van der Waals surface area contributed by atoms with Crippen LogP contribution in [0.2, 0.25) is 0 Å². The minimum absolute atomic E-state index is 0.0497. The fraction of sp³-hybridized carbons (Fsp3) is 0.480. The van der Waals surface area contributed by atoms with Crippen molar-refractivity contribution in [3.63, 3.8) is 0 Å². The average Bonchev–Trinajstić information content (AvgIpc) is 3.16. The van der Waals surface area contributed by atoms with Crippen molar-refractivity contribution in [2.45, 2.75) is 58.5 Å². The minimum Gasteiger partial charge on any atom is -0.465 e. The summed E-state index contributed by atoms with van der Waals surface area (Å²) in [6, 6.07) is 8.27. The first-order valence-electron chi connectivity index (χ1n) is 12.1. The van der Waals surface area contributed by atoms with E-state index in [1.54, 1.807) is 0 Å². The SMILES string of the molecule is Cc1ccc(-n2nc3c(N4CCC(C(=O)NC5CC(NC(=O)O)C5)CC4)nnc(C)c3c2C)cc1. The number of carbonyl (C=O) groups excluding carboxylic acids is 1. The summed E-state index contributed by atoms with van der Waals surface area (Å²) in [6.45, 7) is 7.49. The molecule has 35 heavy (non-hydrogen) atoms. The average molecular weight is 478 g/mol. The summed E-state index contributed by atoms with van der Waals surface area (Å²) in [5.74, 6) is 0.765. The molecule has 2 aliphatic rings. The van der Waals surface area contributed by atoms with Gasteiger partial charge in [-0.05, 0) is 58.6 Å². The van der Waals surface area contributed by atoms with E-state index in [0.717, 1.165) is 46.6 Å². The van der Waals surface area contributed by atoms with Crippen molar-refractivity contribution >= 4 is 28.7 Å². The number of carbonyl (C=O) groups is 2. The Kier molecular flexibility index (Phi) is 6.04. The van der Waals surface area contributed by atoms with Crippen LogP contribution >= 0.6 is 0 Å². The molecule has 2 fully saturated rings. The summed E-state index contributed by atoms with van der Waals surface area (Å²) in [6.07, 6.45) is 1.74. The van der Waals surface area contributed by atoms with Gasteiger partial charge in [-0.2, -0.15) is 10.2 Å². The molecule has 3 N–H and O–H groups in total. The number of fused-ring (bicyclic) bond motifs is 1. The van der Waals surface area contributed by atoms with E-state index in [1.165, 1.54) is 5.56 Å². The molecule has 0 unspecified atom stereocenters. The maximum Gasteiger partial charge on any atom is 0.404 e. The molecule has 10 nitrogen and oxygen atoms in total. The fourth-order valence-corrected chi connectivity index (χ4v) is 5.16. The topological polar surface area (TPSA) is 125 Å². The Hall–Kier alpha value is -3.69. The molecule has 184 valence electrons. The first-order valence-corrected chi connectivity index (χ1v) is 12.1. The lowest BCUT2D eigenvalue weighted by atomic mass is 9.86. The highest BCUT2D eigenvalue weighted by atomic mass is 16.4. The molecule has 1 aromatic carbocycles. The Morgan fingerprint density at radius 1 is 0.971 bits per heavy atom. The van der Waals surface area contributed by atoms with Gasteiger partial charge in [0.25, 0.3) is 0 Å². The van der Waals surface area contributed by atoms with Crippen LogP contribution in [-0.2, 0) is 4.79 Å². The summed E-state index contributed by atoms with van der Waals surface area (Å²) in [5, 5.41) is 29.2. The zero-order valence-corrected chi connectivity index (χ0v) is 20.3. The number of aromatic nitrogens is 4. The molecular weight excluding hydrogens is 446 g/mol. The Morgan fingerprint density at radius 2 is 1.63 bits per heavy atom. The quantitative estimate of drug-likeness (QED) is 0.516. The predicted molar refractivity (Wildman–Crippen MR) is 132 cm³/mol. The van der Waals surface area contributed by atoms with Gasteiger partial charge in [0.05, 0.1) is 22.5 Å². The van der Waals surface area contributed by atoms with Crippen LogP contribution < -0.4 is 15.5 Å². The number of rotatable bonds is 5. The van der Waals surface area contributed by atoms with E-state index >= 15 is 0 Å². The third kappa shape index (κ3) is 4.52. The lowest BCUT2D eigenvalue weighted by Crippen LogP contribution is -2.55. The summed E-state index contributed by atoms with van der Waals surface area (Å²) in [5.41, 5.74) is 4.92. The molecule has 0 spiro atoms. The number of amides is 2. The van der Waals surface area contributed by atoms with Crippen LogP contribution in [0.15, 0.2) is 24.3 Å². The Bertz CT molecular complexity index is 1260. The van der Waals surface area contributed by atoms with E-state index in [1.807, 2.05) is 11.6 Å². The number of hydrogen-bond donors (Lipinski definition) is 3. The molecular formula is C25H31N7O3. The molecule has 0 bridgehead atoms. The van der Waals surface area contributed by atoms with Gasteiger partial charge in [-0.3, -0.25) is 4.79 Å². The van der Waals surface area contributed by atoms with Crippen LogP contribution in [0.25, 0.3) is 16.6 Å². The van der Waals surface area contributed by atoms with Crippen molar-refractivity contribution in [1.82, 2.24) is 30.6 Å². The van der Waals surface area contributed by atoms with Crippen molar-refractivity contribution in [3.8, 4) is 5.69 Å². The van der Waals surface area contributed by atoms with E-state index in [-0.39, 0.29) is 23.9 Å². The second-order valence-corrected chi connectivity index (χ2v) is 9.75. The number of nitrogens with one attached hydrogen (secondary N) is 2. The Labute approximate surface area is 203 Å². The van der Waals surface area contributed by atoms with Gasteiger partial charge in [0.1, 0.15) is 5.52 Å². The molecule has 2 aromatic heterocycles. The molecule has 1 saturated heterocycles. The van der Waals surface area contributed by atoms with Gasteiger partial charge in [0.15, 0.2) is 5.82 Å². The number of nitrogens with zero attached hydrogens (tertiary/aromatic N) is 5. The number of anilines is 1. The molecule has 10 heteroatoms. The van der Waals surface area contributed by atoms with E-state index in [9.17, 15) is 9.59 Å². The van der Waals surface area contributed by atoms with Gasteiger partial charge in [-0.1, -0.05) is 17.7 Å². The molecule has 1 saturated carbocycles. The van der Waals surface area contributed by atoms with Crippen molar-refractivity contribution in [1.29, 1.82) is 0 Å². The summed E-state index contributed by atoms with van der Waals surface area (Å²) < 4.78 is 1.95. The van der Waals surface area contributed by atoms with Gasteiger partial charge in [-0.25, -0.2) is 9.48 Å². The zero-order valence-electron chi connectivity index (χ0n) is 20.3. The largest absolute Gasteiger partial charge is 0.465 e. The highest BCUT2D eigenvalue weighted by Crippen LogP contribution is 2.32. The lowest BCUT2D eigenvalue weighted by Gasteiger charge is -2.37. The normalized spacial score (nSPS) is 20.5. The third-order valence-corrected chi connectivity index (χ3v) is 7.24. The molecule has 3 heterocycles. The summed E-state index contributed by atoms with van der Waals surface area (Å²) >= 11 is 0. The number of piperidine rings is 1. The summed E-state index contributed by atoms with van der Waals surface area (Å²) in [7, 11) is 0. The first kappa shape index (κ1) is 23.1. The van der Waals surface area contributed by atoms with Gasteiger partial charge < -0.3 is 20.6 Å². The number of benzene rings is 1. The van der Waals surface area contributed by atoms with E-state index in [2.05, 4.69) is 63.8 Å².